The van der Waals surface area contributed by atoms with Crippen LogP contribution in [0.2, 0.25) is 0 Å². The Balaban J connectivity index is 1.92. The minimum atomic E-state index is -1.56. The molecule has 0 amide bonds. The van der Waals surface area contributed by atoms with E-state index in [2.05, 4.69) is 22.9 Å². The summed E-state index contributed by atoms with van der Waals surface area (Å²) in [6.07, 6.45) is 4.47. The lowest BCUT2D eigenvalue weighted by Gasteiger charge is -2.40. The van der Waals surface area contributed by atoms with E-state index in [1.807, 2.05) is 0 Å². The maximum absolute atomic E-state index is 11.9. The lowest BCUT2D eigenvalue weighted by Crippen LogP contribution is -2.58. The monoisotopic (exact) mass is 365 g/mol. The first kappa shape index (κ1) is 17.6. The molecule has 134 valence electrons. The van der Waals surface area contributed by atoms with Crippen molar-refractivity contribution in [3.05, 3.63) is 30.5 Å². The highest BCUT2D eigenvalue weighted by Gasteiger charge is 2.46. The maximum Gasteiger partial charge on any atom is 0.356 e. The summed E-state index contributed by atoms with van der Waals surface area (Å²) >= 11 is 4.16. The standard InChI is InChI=1S/C16H19N3O5S/c1-11(25)22-13-4-3-12(9-18-13)19-8-2-7-17-10-16(19)23-14(20)5-6-15(21)24-16/h3-6,9,11,17,25H,2,7-8,10H2,1H3. The maximum atomic E-state index is 11.9. The lowest BCUT2D eigenvalue weighted by molar-refractivity contribution is -0.217. The lowest BCUT2D eigenvalue weighted by atomic mass is 10.3. The highest BCUT2D eigenvalue weighted by molar-refractivity contribution is 7.80. The fraction of sp³-hybridized carbons (Fsp3) is 0.438. The second-order valence-corrected chi connectivity index (χ2v) is 6.37. The van der Waals surface area contributed by atoms with Crippen LogP contribution < -0.4 is 15.0 Å². The summed E-state index contributed by atoms with van der Waals surface area (Å²) in [5.41, 5.74) is 0.354. The van der Waals surface area contributed by atoms with Crippen molar-refractivity contribution in [2.75, 3.05) is 24.5 Å². The first-order chi connectivity index (χ1) is 12.0. The summed E-state index contributed by atoms with van der Waals surface area (Å²) in [6.45, 7) is 3.15. The SMILES string of the molecule is CC(S)Oc1ccc(N2CCCNCC23OC(=O)C=CC(=O)O3)cn1. The molecule has 3 heterocycles. The van der Waals surface area contributed by atoms with E-state index in [4.69, 9.17) is 14.2 Å². The van der Waals surface area contributed by atoms with Crippen molar-refractivity contribution in [2.24, 2.45) is 0 Å². The van der Waals surface area contributed by atoms with Gasteiger partial charge in [-0.2, -0.15) is 0 Å². The quantitative estimate of drug-likeness (QED) is 0.463. The van der Waals surface area contributed by atoms with E-state index >= 15 is 0 Å². The van der Waals surface area contributed by atoms with Crippen LogP contribution in [-0.4, -0.2) is 47.9 Å². The molecule has 1 aromatic rings. The second kappa shape index (κ2) is 7.32. The minimum Gasteiger partial charge on any atom is -0.464 e. The van der Waals surface area contributed by atoms with E-state index in [0.29, 0.717) is 24.7 Å². The van der Waals surface area contributed by atoms with Crippen molar-refractivity contribution >= 4 is 30.3 Å². The van der Waals surface area contributed by atoms with E-state index in [0.717, 1.165) is 18.6 Å². The molecule has 1 aromatic heterocycles. The molecule has 1 atom stereocenters. The topological polar surface area (TPSA) is 90.0 Å². The van der Waals surface area contributed by atoms with Crippen LogP contribution in [0.1, 0.15) is 13.3 Å². The number of hydrogen-bond acceptors (Lipinski definition) is 9. The molecule has 0 aliphatic carbocycles. The van der Waals surface area contributed by atoms with Crippen LogP contribution in [0, 0.1) is 0 Å². The number of carbonyl (C=O) groups excluding carboxylic acids is 2. The molecule has 1 unspecified atom stereocenters. The molecule has 0 aromatic carbocycles. The molecule has 0 radical (unpaired) electrons. The number of aromatic nitrogens is 1. The van der Waals surface area contributed by atoms with Gasteiger partial charge in [0.1, 0.15) is 5.44 Å². The molecule has 9 heteroatoms. The summed E-state index contributed by atoms with van der Waals surface area (Å²) in [6, 6.07) is 3.46. The molecule has 0 bridgehead atoms. The Bertz CT molecular complexity index is 657. The summed E-state index contributed by atoms with van der Waals surface area (Å²) in [5.74, 6) is -2.42. The number of anilines is 1. The Morgan fingerprint density at radius 3 is 2.64 bits per heavy atom. The van der Waals surface area contributed by atoms with Gasteiger partial charge in [0.05, 0.1) is 18.4 Å². The van der Waals surface area contributed by atoms with Gasteiger partial charge in [-0.1, -0.05) is 0 Å². The van der Waals surface area contributed by atoms with Gasteiger partial charge >= 0.3 is 17.8 Å². The number of esters is 2. The molecule has 0 saturated carbocycles. The zero-order valence-corrected chi connectivity index (χ0v) is 14.6. The number of nitrogens with one attached hydrogen (secondary N) is 1. The van der Waals surface area contributed by atoms with E-state index in [1.54, 1.807) is 30.2 Å². The van der Waals surface area contributed by atoms with Crippen molar-refractivity contribution in [1.29, 1.82) is 0 Å². The van der Waals surface area contributed by atoms with Crippen LogP contribution in [0.25, 0.3) is 0 Å². The van der Waals surface area contributed by atoms with Crippen LogP contribution >= 0.6 is 12.6 Å². The first-order valence-corrected chi connectivity index (χ1v) is 8.43. The molecular formula is C16H19N3O5S. The third-order valence-corrected chi connectivity index (χ3v) is 3.80. The van der Waals surface area contributed by atoms with Crippen LogP contribution in [0.5, 0.6) is 5.88 Å². The Morgan fingerprint density at radius 1 is 1.32 bits per heavy atom. The number of ether oxygens (including phenoxy) is 3. The zero-order valence-electron chi connectivity index (χ0n) is 13.7. The van der Waals surface area contributed by atoms with Crippen molar-refractivity contribution in [1.82, 2.24) is 10.3 Å². The molecule has 1 fully saturated rings. The number of pyridine rings is 1. The molecule has 1 saturated heterocycles. The van der Waals surface area contributed by atoms with E-state index < -0.39 is 17.8 Å². The van der Waals surface area contributed by atoms with Gasteiger partial charge in [-0.3, -0.25) is 4.90 Å². The van der Waals surface area contributed by atoms with E-state index in [-0.39, 0.29) is 12.0 Å². The Labute approximate surface area is 150 Å². The second-order valence-electron chi connectivity index (χ2n) is 5.64. The van der Waals surface area contributed by atoms with Gasteiger partial charge in [0.25, 0.3) is 0 Å². The Morgan fingerprint density at radius 2 is 2.04 bits per heavy atom. The van der Waals surface area contributed by atoms with Crippen LogP contribution in [0.4, 0.5) is 5.69 Å². The van der Waals surface area contributed by atoms with Crippen molar-refractivity contribution in [2.45, 2.75) is 24.7 Å². The number of hydrogen-bond donors (Lipinski definition) is 2. The Hall–Kier alpha value is -2.26. The summed E-state index contributed by atoms with van der Waals surface area (Å²) in [4.78, 5) is 29.8. The zero-order chi connectivity index (χ0) is 17.9. The summed E-state index contributed by atoms with van der Waals surface area (Å²) in [5, 5.41) is 3.13. The van der Waals surface area contributed by atoms with Gasteiger partial charge in [-0.15, -0.1) is 12.6 Å². The molecule has 2 aliphatic heterocycles. The van der Waals surface area contributed by atoms with Crippen molar-refractivity contribution in [3.63, 3.8) is 0 Å². The highest BCUT2D eigenvalue weighted by atomic mass is 32.1. The highest BCUT2D eigenvalue weighted by Crippen LogP contribution is 2.30. The number of rotatable bonds is 3. The summed E-state index contributed by atoms with van der Waals surface area (Å²) < 4.78 is 16.4. The minimum absolute atomic E-state index is 0.151. The predicted molar refractivity (Wildman–Crippen MR) is 92.2 cm³/mol. The fourth-order valence-corrected chi connectivity index (χ4v) is 2.81. The normalized spacial score (nSPS) is 21.1. The average Bonchev–Trinajstić information content (AvgIpc) is 2.84. The molecular weight excluding hydrogens is 346 g/mol. The molecule has 1 spiro atoms. The van der Waals surface area contributed by atoms with Crippen molar-refractivity contribution < 1.29 is 23.8 Å². The fourth-order valence-electron chi connectivity index (χ4n) is 2.70. The third kappa shape index (κ3) is 4.05. The third-order valence-electron chi connectivity index (χ3n) is 3.69. The molecule has 1 N–H and O–H groups in total. The number of thiol groups is 1. The Kier molecular flexibility index (Phi) is 5.14. The van der Waals surface area contributed by atoms with Gasteiger partial charge in [-0.05, 0) is 26.0 Å². The smallest absolute Gasteiger partial charge is 0.356 e. The molecule has 3 rings (SSSR count). The van der Waals surface area contributed by atoms with Gasteiger partial charge in [0.15, 0.2) is 0 Å². The first-order valence-electron chi connectivity index (χ1n) is 7.92. The number of carbonyl (C=O) groups is 2. The van der Waals surface area contributed by atoms with E-state index in [1.165, 1.54) is 0 Å². The van der Waals surface area contributed by atoms with Gasteiger partial charge < -0.3 is 19.5 Å². The average molecular weight is 365 g/mol. The largest absolute Gasteiger partial charge is 0.464 e. The molecule has 2 aliphatic rings. The van der Waals surface area contributed by atoms with E-state index in [9.17, 15) is 9.59 Å². The summed E-state index contributed by atoms with van der Waals surface area (Å²) in [7, 11) is 0. The molecule has 25 heavy (non-hydrogen) atoms. The van der Waals surface area contributed by atoms with Crippen LogP contribution in [0.15, 0.2) is 30.5 Å². The molecule has 8 nitrogen and oxygen atoms in total. The van der Waals surface area contributed by atoms with Gasteiger partial charge in [-0.25, -0.2) is 14.6 Å². The van der Waals surface area contributed by atoms with Gasteiger partial charge in [0.2, 0.25) is 5.88 Å². The van der Waals surface area contributed by atoms with Crippen LogP contribution in [0.3, 0.4) is 0 Å². The van der Waals surface area contributed by atoms with Crippen molar-refractivity contribution in [3.8, 4) is 5.88 Å². The van der Waals surface area contributed by atoms with Gasteiger partial charge in [0, 0.05) is 24.8 Å². The van der Waals surface area contributed by atoms with Crippen LogP contribution in [-0.2, 0) is 19.1 Å². The number of nitrogens with zero attached hydrogens (tertiary/aromatic N) is 2. The predicted octanol–water partition coefficient (Wildman–Crippen LogP) is 0.846.